The second kappa shape index (κ2) is 8.53. The predicted octanol–water partition coefficient (Wildman–Crippen LogP) is 1.17. The van der Waals surface area contributed by atoms with Crippen LogP contribution in [0.1, 0.15) is 24.8 Å². The van der Waals surface area contributed by atoms with E-state index in [9.17, 15) is 9.59 Å². The van der Waals surface area contributed by atoms with E-state index in [-0.39, 0.29) is 18.0 Å². The van der Waals surface area contributed by atoms with Gasteiger partial charge in [0.25, 0.3) is 0 Å². The third-order valence-electron chi connectivity index (χ3n) is 4.03. The number of hydrogen-bond donors (Lipinski definition) is 2. The summed E-state index contributed by atoms with van der Waals surface area (Å²) in [5, 5.41) is 2.79. The molecule has 0 aromatic heterocycles. The van der Waals surface area contributed by atoms with Gasteiger partial charge >= 0.3 is 6.03 Å². The summed E-state index contributed by atoms with van der Waals surface area (Å²) in [4.78, 5) is 27.5. The zero-order valence-electron chi connectivity index (χ0n) is 13.7. The minimum absolute atomic E-state index is 0.0613. The highest BCUT2D eigenvalue weighted by Gasteiger charge is 2.21. The minimum atomic E-state index is -0.169. The molecule has 3 N–H and O–H groups in total. The Hall–Kier alpha value is -2.08. The molecule has 0 bridgehead atoms. The van der Waals surface area contributed by atoms with Crippen molar-refractivity contribution < 1.29 is 9.59 Å². The molecule has 6 heteroatoms. The molecule has 1 fully saturated rings. The second-order valence-electron chi connectivity index (χ2n) is 6.07. The number of amides is 3. The summed E-state index contributed by atoms with van der Waals surface area (Å²) in [6.45, 7) is 2.29. The quantitative estimate of drug-likeness (QED) is 0.855. The van der Waals surface area contributed by atoms with Gasteiger partial charge in [-0.25, -0.2) is 4.79 Å². The van der Waals surface area contributed by atoms with Crippen LogP contribution in [0.2, 0.25) is 0 Å². The molecule has 0 saturated carbocycles. The largest absolute Gasteiger partial charge is 0.341 e. The molecular formula is C17H26N4O2. The highest BCUT2D eigenvalue weighted by molar-refractivity contribution is 5.78. The zero-order valence-corrected chi connectivity index (χ0v) is 13.7. The van der Waals surface area contributed by atoms with Gasteiger partial charge in [-0.3, -0.25) is 4.79 Å². The maximum atomic E-state index is 12.1. The Labute approximate surface area is 137 Å². The van der Waals surface area contributed by atoms with Crippen LogP contribution < -0.4 is 11.1 Å². The number of urea groups is 1. The predicted molar refractivity (Wildman–Crippen MR) is 89.7 cm³/mol. The number of benzene rings is 1. The van der Waals surface area contributed by atoms with E-state index in [1.54, 1.807) is 16.8 Å². The molecule has 1 aliphatic heterocycles. The summed E-state index contributed by atoms with van der Waals surface area (Å²) in [6, 6.07) is 9.71. The molecule has 0 spiro atoms. The van der Waals surface area contributed by atoms with Crippen LogP contribution in [0.25, 0.3) is 0 Å². The molecule has 1 atom stereocenters. The molecule has 1 aliphatic rings. The van der Waals surface area contributed by atoms with Crippen molar-refractivity contribution in [2.24, 2.45) is 5.73 Å². The number of nitrogens with two attached hydrogens (primary N) is 1. The maximum absolute atomic E-state index is 12.1. The lowest BCUT2D eigenvalue weighted by Gasteiger charge is -2.31. The summed E-state index contributed by atoms with van der Waals surface area (Å²) in [5.74, 6) is 0.0613. The minimum Gasteiger partial charge on any atom is -0.341 e. The molecule has 1 aromatic carbocycles. The van der Waals surface area contributed by atoms with E-state index >= 15 is 0 Å². The van der Waals surface area contributed by atoms with E-state index in [4.69, 9.17) is 5.73 Å². The van der Waals surface area contributed by atoms with Crippen molar-refractivity contribution in [1.82, 2.24) is 15.1 Å². The van der Waals surface area contributed by atoms with Crippen LogP contribution in [0.5, 0.6) is 0 Å². The van der Waals surface area contributed by atoms with E-state index in [1.807, 2.05) is 30.3 Å². The SMILES string of the molecule is CN(Cc1ccccc1)C(=O)NCCC(=O)N1CCCC(N)C1. The molecule has 1 unspecified atom stereocenters. The first-order valence-corrected chi connectivity index (χ1v) is 8.12. The first kappa shape index (κ1) is 17.3. The molecule has 1 saturated heterocycles. The fraction of sp³-hybridized carbons (Fsp3) is 0.529. The topological polar surface area (TPSA) is 78.7 Å². The molecule has 2 rings (SSSR count). The number of likely N-dealkylation sites (tertiary alicyclic amines) is 1. The fourth-order valence-electron chi connectivity index (χ4n) is 2.74. The van der Waals surface area contributed by atoms with Crippen molar-refractivity contribution in [2.45, 2.75) is 31.8 Å². The zero-order chi connectivity index (χ0) is 16.7. The van der Waals surface area contributed by atoms with E-state index in [0.29, 0.717) is 26.1 Å². The fourth-order valence-corrected chi connectivity index (χ4v) is 2.74. The third-order valence-corrected chi connectivity index (χ3v) is 4.03. The average Bonchev–Trinajstić information content (AvgIpc) is 2.55. The maximum Gasteiger partial charge on any atom is 0.317 e. The van der Waals surface area contributed by atoms with Gasteiger partial charge in [-0.1, -0.05) is 30.3 Å². The number of rotatable bonds is 5. The summed E-state index contributed by atoms with van der Waals surface area (Å²) < 4.78 is 0. The molecule has 6 nitrogen and oxygen atoms in total. The van der Waals surface area contributed by atoms with Crippen molar-refractivity contribution in [3.05, 3.63) is 35.9 Å². The Bertz CT molecular complexity index is 521. The highest BCUT2D eigenvalue weighted by Crippen LogP contribution is 2.09. The summed E-state index contributed by atoms with van der Waals surface area (Å²) in [6.07, 6.45) is 2.25. The van der Waals surface area contributed by atoms with Gasteiger partial charge in [-0.2, -0.15) is 0 Å². The molecule has 3 amide bonds. The number of nitrogens with zero attached hydrogens (tertiary/aromatic N) is 2. The Morgan fingerprint density at radius 2 is 2.09 bits per heavy atom. The van der Waals surface area contributed by atoms with Gasteiger partial charge in [0, 0.05) is 45.7 Å². The Morgan fingerprint density at radius 3 is 2.78 bits per heavy atom. The van der Waals surface area contributed by atoms with Crippen molar-refractivity contribution in [2.75, 3.05) is 26.7 Å². The summed E-state index contributed by atoms with van der Waals surface area (Å²) in [7, 11) is 1.74. The van der Waals surface area contributed by atoms with E-state index in [2.05, 4.69) is 5.32 Å². The Balaban J connectivity index is 1.68. The van der Waals surface area contributed by atoms with Gasteiger partial charge < -0.3 is 20.9 Å². The number of hydrogen-bond acceptors (Lipinski definition) is 3. The third kappa shape index (κ3) is 5.56. The van der Waals surface area contributed by atoms with Crippen LogP contribution in [0.3, 0.4) is 0 Å². The molecule has 1 heterocycles. The van der Waals surface area contributed by atoms with Crippen LogP contribution in [-0.2, 0) is 11.3 Å². The van der Waals surface area contributed by atoms with Crippen LogP contribution in [0, 0.1) is 0 Å². The second-order valence-corrected chi connectivity index (χ2v) is 6.07. The van der Waals surface area contributed by atoms with Crippen molar-refractivity contribution in [1.29, 1.82) is 0 Å². The molecular weight excluding hydrogens is 292 g/mol. The van der Waals surface area contributed by atoms with Crippen molar-refractivity contribution in [3.8, 4) is 0 Å². The Kier molecular flexibility index (Phi) is 6.40. The number of piperidine rings is 1. The van der Waals surface area contributed by atoms with E-state index < -0.39 is 0 Å². The van der Waals surface area contributed by atoms with Crippen LogP contribution >= 0.6 is 0 Å². The van der Waals surface area contributed by atoms with Gasteiger partial charge in [0.15, 0.2) is 0 Å². The van der Waals surface area contributed by atoms with E-state index in [0.717, 1.165) is 24.9 Å². The monoisotopic (exact) mass is 318 g/mol. The molecule has 1 aromatic rings. The number of carbonyl (C=O) groups excluding carboxylic acids is 2. The van der Waals surface area contributed by atoms with Crippen LogP contribution in [0.15, 0.2) is 30.3 Å². The lowest BCUT2D eigenvalue weighted by atomic mass is 10.1. The van der Waals surface area contributed by atoms with Crippen LogP contribution in [-0.4, -0.2) is 54.5 Å². The van der Waals surface area contributed by atoms with Crippen molar-refractivity contribution in [3.63, 3.8) is 0 Å². The molecule has 23 heavy (non-hydrogen) atoms. The number of nitrogens with one attached hydrogen (secondary N) is 1. The Morgan fingerprint density at radius 1 is 1.35 bits per heavy atom. The average molecular weight is 318 g/mol. The lowest BCUT2D eigenvalue weighted by molar-refractivity contribution is -0.132. The summed E-state index contributed by atoms with van der Waals surface area (Å²) >= 11 is 0. The normalized spacial score (nSPS) is 17.7. The van der Waals surface area contributed by atoms with Crippen LogP contribution in [0.4, 0.5) is 4.79 Å². The first-order valence-electron chi connectivity index (χ1n) is 8.12. The lowest BCUT2D eigenvalue weighted by Crippen LogP contribution is -2.46. The van der Waals surface area contributed by atoms with Gasteiger partial charge in [-0.15, -0.1) is 0 Å². The molecule has 126 valence electrons. The van der Waals surface area contributed by atoms with Gasteiger partial charge in [-0.05, 0) is 18.4 Å². The van der Waals surface area contributed by atoms with Gasteiger partial charge in [0.1, 0.15) is 0 Å². The molecule has 0 aliphatic carbocycles. The van der Waals surface area contributed by atoms with Crippen molar-refractivity contribution >= 4 is 11.9 Å². The standard InChI is InChI=1S/C17H26N4O2/c1-20(12-14-6-3-2-4-7-14)17(23)19-10-9-16(22)21-11-5-8-15(18)13-21/h2-4,6-7,15H,5,8-13,18H2,1H3,(H,19,23). The van der Waals surface area contributed by atoms with Gasteiger partial charge in [0.05, 0.1) is 0 Å². The highest BCUT2D eigenvalue weighted by atomic mass is 16.2. The first-order chi connectivity index (χ1) is 11.1. The number of carbonyl (C=O) groups is 2. The van der Waals surface area contributed by atoms with Gasteiger partial charge in [0.2, 0.25) is 5.91 Å². The summed E-state index contributed by atoms with van der Waals surface area (Å²) in [5.41, 5.74) is 6.96. The molecule has 0 radical (unpaired) electrons. The van der Waals surface area contributed by atoms with E-state index in [1.165, 1.54) is 0 Å². The smallest absolute Gasteiger partial charge is 0.317 e.